The highest BCUT2D eigenvalue weighted by molar-refractivity contribution is 6.33. The lowest BCUT2D eigenvalue weighted by Gasteiger charge is -2.24. The molecular weight excluding hydrogens is 393 g/mol. The normalized spacial score (nSPS) is 18.9. The van der Waals surface area contributed by atoms with Crippen molar-refractivity contribution in [2.45, 2.75) is 25.3 Å². The molecule has 5 nitrogen and oxygen atoms in total. The van der Waals surface area contributed by atoms with Crippen LogP contribution in [-0.4, -0.2) is 47.9 Å². The monoisotopic (exact) mass is 415 g/mol. The van der Waals surface area contributed by atoms with Crippen LogP contribution in [-0.2, 0) is 6.42 Å². The van der Waals surface area contributed by atoms with Crippen molar-refractivity contribution in [1.82, 2.24) is 15.1 Å². The Labute approximate surface area is 174 Å². The van der Waals surface area contributed by atoms with Gasteiger partial charge in [0.15, 0.2) is 0 Å². The number of aryl methyl sites for hydroxylation is 1. The third kappa shape index (κ3) is 4.22. The molecule has 152 valence electrons. The van der Waals surface area contributed by atoms with E-state index in [1.54, 1.807) is 40.1 Å². The minimum Gasteiger partial charge on any atom is -0.337 e. The first kappa shape index (κ1) is 19.7. The lowest BCUT2D eigenvalue weighted by Crippen LogP contribution is -2.43. The summed E-state index contributed by atoms with van der Waals surface area (Å²) >= 11 is 6.16. The van der Waals surface area contributed by atoms with Crippen molar-refractivity contribution >= 4 is 23.5 Å². The van der Waals surface area contributed by atoms with Gasteiger partial charge in [-0.3, -0.25) is 4.79 Å². The zero-order valence-corrected chi connectivity index (χ0v) is 16.8. The van der Waals surface area contributed by atoms with Crippen molar-refractivity contribution in [3.05, 3.63) is 70.0 Å². The van der Waals surface area contributed by atoms with Gasteiger partial charge in [0.1, 0.15) is 5.82 Å². The van der Waals surface area contributed by atoms with Gasteiger partial charge in [-0.2, -0.15) is 0 Å². The van der Waals surface area contributed by atoms with E-state index in [2.05, 4.69) is 5.32 Å². The fourth-order valence-electron chi connectivity index (χ4n) is 4.09. The summed E-state index contributed by atoms with van der Waals surface area (Å²) in [5.74, 6) is -0.397. The van der Waals surface area contributed by atoms with Gasteiger partial charge in [0.05, 0.1) is 16.6 Å². The number of benzene rings is 2. The molecule has 0 radical (unpaired) electrons. The number of urea groups is 1. The summed E-state index contributed by atoms with van der Waals surface area (Å²) in [5.41, 5.74) is 2.43. The zero-order valence-electron chi connectivity index (χ0n) is 16.0. The van der Waals surface area contributed by atoms with Crippen LogP contribution in [0.5, 0.6) is 0 Å². The number of amides is 3. The molecule has 1 N–H and O–H groups in total. The molecule has 0 saturated carbocycles. The molecule has 0 spiro atoms. The van der Waals surface area contributed by atoms with Crippen LogP contribution in [0.25, 0.3) is 0 Å². The van der Waals surface area contributed by atoms with Crippen molar-refractivity contribution in [2.75, 3.05) is 26.2 Å². The molecule has 2 aliphatic rings. The number of carbonyl (C=O) groups is 2. The Morgan fingerprint density at radius 2 is 1.79 bits per heavy atom. The molecule has 2 aromatic rings. The van der Waals surface area contributed by atoms with E-state index < -0.39 is 0 Å². The number of nitrogens with one attached hydrogen (secondary N) is 1. The molecule has 0 aromatic heterocycles. The number of hydrogen-bond acceptors (Lipinski definition) is 2. The average Bonchev–Trinajstić information content (AvgIpc) is 2.94. The number of halogens is 2. The van der Waals surface area contributed by atoms with Crippen LogP contribution in [0.4, 0.5) is 9.18 Å². The lowest BCUT2D eigenvalue weighted by atomic mass is 10.1. The largest absolute Gasteiger partial charge is 0.337 e. The van der Waals surface area contributed by atoms with Crippen LogP contribution >= 0.6 is 11.6 Å². The maximum atomic E-state index is 13.6. The molecule has 1 saturated heterocycles. The quantitative estimate of drug-likeness (QED) is 0.805. The predicted octanol–water partition coefficient (Wildman–Crippen LogP) is 4.02. The van der Waals surface area contributed by atoms with Crippen molar-refractivity contribution in [3.8, 4) is 0 Å². The minimum absolute atomic E-state index is 0.113. The van der Waals surface area contributed by atoms with Crippen LogP contribution in [0, 0.1) is 5.82 Å². The molecule has 1 atom stereocenters. The molecule has 2 aromatic carbocycles. The van der Waals surface area contributed by atoms with Crippen LogP contribution in [0.3, 0.4) is 0 Å². The van der Waals surface area contributed by atoms with E-state index in [4.69, 9.17) is 11.6 Å². The van der Waals surface area contributed by atoms with Crippen LogP contribution in [0.2, 0.25) is 5.02 Å². The lowest BCUT2D eigenvalue weighted by molar-refractivity contribution is 0.0762. The third-order valence-corrected chi connectivity index (χ3v) is 5.99. The van der Waals surface area contributed by atoms with Crippen LogP contribution in [0.1, 0.15) is 40.4 Å². The van der Waals surface area contributed by atoms with E-state index in [9.17, 15) is 14.0 Å². The number of fused-ring (bicyclic) bond motifs is 1. The highest BCUT2D eigenvalue weighted by Gasteiger charge is 2.28. The predicted molar refractivity (Wildman–Crippen MR) is 110 cm³/mol. The smallest absolute Gasteiger partial charge is 0.317 e. The Kier molecular flexibility index (Phi) is 5.72. The van der Waals surface area contributed by atoms with Crippen LogP contribution in [0.15, 0.2) is 42.5 Å². The zero-order chi connectivity index (χ0) is 20.4. The highest BCUT2D eigenvalue weighted by atomic mass is 35.5. The van der Waals surface area contributed by atoms with Gasteiger partial charge in [0.2, 0.25) is 0 Å². The summed E-state index contributed by atoms with van der Waals surface area (Å²) < 4.78 is 13.6. The number of hydrogen-bond donors (Lipinski definition) is 1. The molecule has 1 unspecified atom stereocenters. The standard InChI is InChI=1S/C22H23ClFN3O2/c23-19-5-2-1-4-17(19)21(28)26-10-3-11-27(13-12-26)22(29)25-20-9-7-15-6-8-16(24)14-18(15)20/h1-2,4-6,8,14,20H,3,7,9-13H2,(H,25,29). The average molecular weight is 416 g/mol. The first-order valence-electron chi connectivity index (χ1n) is 9.90. The molecule has 29 heavy (non-hydrogen) atoms. The Morgan fingerprint density at radius 3 is 2.62 bits per heavy atom. The van der Waals surface area contributed by atoms with E-state index >= 15 is 0 Å². The van der Waals surface area contributed by atoms with E-state index in [0.717, 1.165) is 24.0 Å². The third-order valence-electron chi connectivity index (χ3n) is 5.66. The Hall–Kier alpha value is -2.60. The second kappa shape index (κ2) is 8.41. The maximum absolute atomic E-state index is 13.6. The SMILES string of the molecule is O=C(NC1CCc2ccc(F)cc21)N1CCCN(C(=O)c2ccccc2Cl)CC1. The molecule has 1 heterocycles. The molecule has 1 fully saturated rings. The Bertz CT molecular complexity index is 936. The molecule has 3 amide bonds. The molecule has 1 aliphatic carbocycles. The summed E-state index contributed by atoms with van der Waals surface area (Å²) in [7, 11) is 0. The van der Waals surface area contributed by atoms with Gasteiger partial charge in [-0.05, 0) is 54.7 Å². The van der Waals surface area contributed by atoms with Gasteiger partial charge in [0, 0.05) is 26.2 Å². The molecular formula is C22H23ClFN3O2. The molecule has 4 rings (SSSR count). The van der Waals surface area contributed by atoms with E-state index in [-0.39, 0.29) is 23.8 Å². The Balaban J connectivity index is 1.38. The summed E-state index contributed by atoms with van der Waals surface area (Å²) in [6.07, 6.45) is 2.30. The first-order valence-corrected chi connectivity index (χ1v) is 10.3. The topological polar surface area (TPSA) is 52.7 Å². The second-order valence-electron chi connectivity index (χ2n) is 7.50. The summed E-state index contributed by atoms with van der Waals surface area (Å²) in [5, 5.41) is 3.47. The van der Waals surface area contributed by atoms with Gasteiger partial charge in [-0.15, -0.1) is 0 Å². The van der Waals surface area contributed by atoms with Gasteiger partial charge in [-0.1, -0.05) is 29.8 Å². The fraction of sp³-hybridized carbons (Fsp3) is 0.364. The van der Waals surface area contributed by atoms with Crippen molar-refractivity contribution in [2.24, 2.45) is 0 Å². The van der Waals surface area contributed by atoms with Gasteiger partial charge in [-0.25, -0.2) is 9.18 Å². The van der Waals surface area contributed by atoms with Crippen LogP contribution < -0.4 is 5.32 Å². The molecule has 0 bridgehead atoms. The van der Waals surface area contributed by atoms with Gasteiger partial charge < -0.3 is 15.1 Å². The van der Waals surface area contributed by atoms with Crippen molar-refractivity contribution in [3.63, 3.8) is 0 Å². The van der Waals surface area contributed by atoms with E-state index in [1.165, 1.54) is 12.1 Å². The number of carbonyl (C=O) groups excluding carboxylic acids is 2. The number of rotatable bonds is 2. The Morgan fingerprint density at radius 1 is 1.03 bits per heavy atom. The molecule has 7 heteroatoms. The summed E-state index contributed by atoms with van der Waals surface area (Å²) in [6.45, 7) is 2.05. The van der Waals surface area contributed by atoms with Gasteiger partial charge in [0.25, 0.3) is 5.91 Å². The number of nitrogens with zero attached hydrogens (tertiary/aromatic N) is 2. The molecule has 1 aliphatic heterocycles. The second-order valence-corrected chi connectivity index (χ2v) is 7.90. The van der Waals surface area contributed by atoms with Crippen molar-refractivity contribution < 1.29 is 14.0 Å². The highest BCUT2D eigenvalue weighted by Crippen LogP contribution is 2.31. The minimum atomic E-state index is -0.284. The first-order chi connectivity index (χ1) is 14.0. The fourth-order valence-corrected chi connectivity index (χ4v) is 4.31. The van der Waals surface area contributed by atoms with Crippen molar-refractivity contribution in [1.29, 1.82) is 0 Å². The maximum Gasteiger partial charge on any atom is 0.317 e. The van der Waals surface area contributed by atoms with E-state index in [0.29, 0.717) is 43.2 Å². The van der Waals surface area contributed by atoms with E-state index in [1.807, 2.05) is 0 Å². The summed E-state index contributed by atoms with van der Waals surface area (Å²) in [4.78, 5) is 29.1. The summed E-state index contributed by atoms with van der Waals surface area (Å²) in [6, 6.07) is 11.4. The van der Waals surface area contributed by atoms with Gasteiger partial charge >= 0.3 is 6.03 Å².